The van der Waals surface area contributed by atoms with Gasteiger partial charge in [0.2, 0.25) is 0 Å². The Balaban J connectivity index is 1.59. The van der Waals surface area contributed by atoms with Crippen LogP contribution in [0.2, 0.25) is 0 Å². The van der Waals surface area contributed by atoms with E-state index in [4.69, 9.17) is 18.9 Å². The van der Waals surface area contributed by atoms with Gasteiger partial charge in [0.1, 0.15) is 0 Å². The Morgan fingerprint density at radius 2 is 1.68 bits per heavy atom. The van der Waals surface area contributed by atoms with Crippen molar-refractivity contribution in [2.24, 2.45) is 17.8 Å². The van der Waals surface area contributed by atoms with E-state index in [1.165, 1.54) is 25.7 Å². The van der Waals surface area contributed by atoms with Crippen LogP contribution in [0.5, 0.6) is 0 Å². The van der Waals surface area contributed by atoms with E-state index in [9.17, 15) is 0 Å². The van der Waals surface area contributed by atoms with Crippen LogP contribution in [0.3, 0.4) is 0 Å². The van der Waals surface area contributed by atoms with Gasteiger partial charge < -0.3 is 18.9 Å². The van der Waals surface area contributed by atoms with E-state index in [1.54, 1.807) is 0 Å². The molecular formula is C18H32O4. The van der Waals surface area contributed by atoms with Crippen molar-refractivity contribution in [1.82, 2.24) is 0 Å². The zero-order valence-corrected chi connectivity index (χ0v) is 14.2. The first-order chi connectivity index (χ1) is 10.7. The molecule has 0 aromatic heterocycles. The molecule has 3 fully saturated rings. The lowest BCUT2D eigenvalue weighted by atomic mass is 9.68. The van der Waals surface area contributed by atoms with Crippen molar-refractivity contribution in [3.63, 3.8) is 0 Å². The molecule has 0 radical (unpaired) electrons. The van der Waals surface area contributed by atoms with Gasteiger partial charge in [-0.3, -0.25) is 0 Å². The zero-order chi connectivity index (χ0) is 15.4. The largest absolute Gasteiger partial charge is 0.350 e. The number of rotatable bonds is 6. The lowest BCUT2D eigenvalue weighted by Gasteiger charge is -2.46. The Hall–Kier alpha value is -0.160. The van der Waals surface area contributed by atoms with E-state index in [1.807, 2.05) is 0 Å². The second kappa shape index (κ2) is 7.61. The highest BCUT2D eigenvalue weighted by atomic mass is 16.7. The molecule has 0 bridgehead atoms. The van der Waals surface area contributed by atoms with Crippen molar-refractivity contribution in [3.05, 3.63) is 0 Å². The Morgan fingerprint density at radius 3 is 2.36 bits per heavy atom. The highest BCUT2D eigenvalue weighted by Gasteiger charge is 2.50. The van der Waals surface area contributed by atoms with Crippen molar-refractivity contribution in [1.29, 1.82) is 0 Å². The summed E-state index contributed by atoms with van der Waals surface area (Å²) in [6.07, 6.45) is 8.29. The molecule has 22 heavy (non-hydrogen) atoms. The van der Waals surface area contributed by atoms with Crippen LogP contribution < -0.4 is 0 Å². The van der Waals surface area contributed by atoms with Crippen molar-refractivity contribution in [3.8, 4) is 0 Å². The highest BCUT2D eigenvalue weighted by molar-refractivity contribution is 4.93. The van der Waals surface area contributed by atoms with Gasteiger partial charge in [0.05, 0.1) is 26.4 Å². The molecule has 2 saturated heterocycles. The third-order valence-corrected chi connectivity index (χ3v) is 5.68. The summed E-state index contributed by atoms with van der Waals surface area (Å²) in [6, 6.07) is 0. The molecular weight excluding hydrogens is 280 g/mol. The van der Waals surface area contributed by atoms with Crippen LogP contribution in [-0.4, -0.2) is 38.5 Å². The predicted octanol–water partition coefficient (Wildman–Crippen LogP) is 3.74. The Labute approximate surface area is 134 Å². The number of hydrogen-bond acceptors (Lipinski definition) is 4. The first-order valence-electron chi connectivity index (χ1n) is 9.24. The molecule has 0 aromatic rings. The van der Waals surface area contributed by atoms with E-state index in [0.29, 0.717) is 17.8 Å². The first kappa shape index (κ1) is 16.7. The van der Waals surface area contributed by atoms with Crippen LogP contribution in [0.4, 0.5) is 0 Å². The molecule has 3 rings (SSSR count). The molecule has 0 amide bonds. The molecule has 1 unspecified atom stereocenters. The second-order valence-corrected chi connectivity index (χ2v) is 7.29. The van der Waals surface area contributed by atoms with Crippen LogP contribution >= 0.6 is 0 Å². The average Bonchev–Trinajstić information content (AvgIpc) is 3.17. The third-order valence-electron chi connectivity index (χ3n) is 5.68. The standard InChI is InChI=1S/C18H32O4/c1-3-4-5-16-14(2)12-15(6-7-17-19-8-9-20-17)13-18(16)21-10-11-22-18/h14-17H,3-13H2,1-2H3/t14-,15-,16?/m0/s1. The minimum atomic E-state index is -0.297. The fraction of sp³-hybridized carbons (Fsp3) is 1.00. The minimum Gasteiger partial charge on any atom is -0.350 e. The monoisotopic (exact) mass is 312 g/mol. The zero-order valence-electron chi connectivity index (χ0n) is 14.2. The molecule has 2 heterocycles. The molecule has 2 aliphatic heterocycles. The van der Waals surface area contributed by atoms with Crippen LogP contribution in [0.1, 0.15) is 58.8 Å². The van der Waals surface area contributed by atoms with Crippen LogP contribution in [-0.2, 0) is 18.9 Å². The Kier molecular flexibility index (Phi) is 5.77. The summed E-state index contributed by atoms with van der Waals surface area (Å²) >= 11 is 0. The fourth-order valence-corrected chi connectivity index (χ4v) is 4.66. The van der Waals surface area contributed by atoms with Gasteiger partial charge in [-0.2, -0.15) is 0 Å². The quantitative estimate of drug-likeness (QED) is 0.749. The maximum Gasteiger partial charge on any atom is 0.171 e. The molecule has 4 heteroatoms. The molecule has 1 spiro atoms. The minimum absolute atomic E-state index is 0.0227. The Bertz CT molecular complexity index is 334. The summed E-state index contributed by atoms with van der Waals surface area (Å²) in [5.74, 6) is 1.60. The maximum atomic E-state index is 6.18. The summed E-state index contributed by atoms with van der Waals surface area (Å²) in [5, 5.41) is 0. The van der Waals surface area contributed by atoms with Gasteiger partial charge in [0.15, 0.2) is 12.1 Å². The molecule has 3 aliphatic rings. The maximum absolute atomic E-state index is 6.18. The van der Waals surface area contributed by atoms with E-state index in [2.05, 4.69) is 13.8 Å². The number of ether oxygens (including phenoxy) is 4. The van der Waals surface area contributed by atoms with Crippen molar-refractivity contribution in [2.75, 3.05) is 26.4 Å². The number of unbranched alkanes of at least 4 members (excludes halogenated alkanes) is 1. The molecule has 0 N–H and O–H groups in total. The van der Waals surface area contributed by atoms with Gasteiger partial charge in [-0.25, -0.2) is 0 Å². The molecule has 0 aromatic carbocycles. The van der Waals surface area contributed by atoms with E-state index >= 15 is 0 Å². The van der Waals surface area contributed by atoms with Crippen LogP contribution in [0, 0.1) is 17.8 Å². The van der Waals surface area contributed by atoms with Gasteiger partial charge in [0, 0.05) is 12.3 Å². The third kappa shape index (κ3) is 3.66. The first-order valence-corrected chi connectivity index (χ1v) is 9.24. The lowest BCUT2D eigenvalue weighted by molar-refractivity contribution is -0.237. The van der Waals surface area contributed by atoms with Crippen molar-refractivity contribution >= 4 is 0 Å². The highest BCUT2D eigenvalue weighted by Crippen LogP contribution is 2.49. The fourth-order valence-electron chi connectivity index (χ4n) is 4.66. The summed E-state index contributed by atoms with van der Waals surface area (Å²) in [5.41, 5.74) is 0. The Morgan fingerprint density at radius 1 is 0.955 bits per heavy atom. The summed E-state index contributed by atoms with van der Waals surface area (Å²) < 4.78 is 23.5. The smallest absolute Gasteiger partial charge is 0.171 e. The molecule has 1 saturated carbocycles. The summed E-state index contributed by atoms with van der Waals surface area (Å²) in [4.78, 5) is 0. The van der Waals surface area contributed by atoms with Gasteiger partial charge in [0.25, 0.3) is 0 Å². The topological polar surface area (TPSA) is 36.9 Å². The van der Waals surface area contributed by atoms with E-state index < -0.39 is 0 Å². The van der Waals surface area contributed by atoms with Crippen molar-refractivity contribution in [2.45, 2.75) is 70.9 Å². The second-order valence-electron chi connectivity index (χ2n) is 7.29. The van der Waals surface area contributed by atoms with E-state index in [0.717, 1.165) is 45.7 Å². The predicted molar refractivity (Wildman–Crippen MR) is 84.5 cm³/mol. The summed E-state index contributed by atoms with van der Waals surface area (Å²) in [6.45, 7) is 7.68. The lowest BCUT2D eigenvalue weighted by Crippen LogP contribution is -2.48. The summed E-state index contributed by atoms with van der Waals surface area (Å²) in [7, 11) is 0. The van der Waals surface area contributed by atoms with Gasteiger partial charge in [-0.1, -0.05) is 26.7 Å². The molecule has 3 atom stereocenters. The normalized spacial score (nSPS) is 35.5. The number of hydrogen-bond donors (Lipinski definition) is 0. The average molecular weight is 312 g/mol. The van der Waals surface area contributed by atoms with Crippen LogP contribution in [0.25, 0.3) is 0 Å². The molecule has 1 aliphatic carbocycles. The van der Waals surface area contributed by atoms with Gasteiger partial charge >= 0.3 is 0 Å². The van der Waals surface area contributed by atoms with Gasteiger partial charge in [-0.05, 0) is 37.5 Å². The van der Waals surface area contributed by atoms with Crippen LogP contribution in [0.15, 0.2) is 0 Å². The molecule has 128 valence electrons. The SMILES string of the molecule is CCCCC1[C@@H](C)C[C@H](CCC2OCCO2)CC12OCCO2. The van der Waals surface area contributed by atoms with Crippen molar-refractivity contribution < 1.29 is 18.9 Å². The molecule has 4 nitrogen and oxygen atoms in total. The van der Waals surface area contributed by atoms with E-state index in [-0.39, 0.29) is 12.1 Å². The van der Waals surface area contributed by atoms with Gasteiger partial charge in [-0.15, -0.1) is 0 Å².